The Hall–Kier alpha value is -3.69. The fourth-order valence-electron chi connectivity index (χ4n) is 5.57. The van der Waals surface area contributed by atoms with E-state index in [0.717, 1.165) is 6.42 Å². The van der Waals surface area contributed by atoms with Crippen molar-refractivity contribution in [1.82, 2.24) is 30.3 Å². The Morgan fingerprint density at radius 2 is 1.98 bits per heavy atom. The quantitative estimate of drug-likeness (QED) is 0.402. The lowest BCUT2D eigenvalue weighted by Gasteiger charge is -2.29. The van der Waals surface area contributed by atoms with Crippen molar-refractivity contribution in [3.05, 3.63) is 47.6 Å². The molecule has 2 aromatic heterocycles. The molecule has 3 aromatic rings. The Labute approximate surface area is 238 Å². The minimum absolute atomic E-state index is 0.0303. The smallest absolute Gasteiger partial charge is 0.240 e. The number of ether oxygens (including phenoxy) is 2. The van der Waals surface area contributed by atoms with Crippen LogP contribution in [0.15, 0.2) is 34.9 Å². The molecule has 4 heterocycles. The Balaban J connectivity index is 1.44. The molecule has 0 amide bonds. The number of nitrogens with one attached hydrogen (secondary N) is 1. The standard InChI is InChI=1S/C29H35F2N7O3/c1-17(23-13-18(30)16-38(23)4)39-24-15-25(40-20-10-12-33-19(14-20)9-11-32)35-26(34-24)27-36-28(41-37-27)29(2,3)21-7-5-6-8-22(21)31/h5-8,15,17-20,23,33H,9-10,12-14,16H2,1-4H3/t17-,18-,19+,20-,23-/m0/s1. The van der Waals surface area contributed by atoms with Gasteiger partial charge in [0.05, 0.1) is 24.0 Å². The first-order valence-electron chi connectivity index (χ1n) is 13.9. The molecule has 1 N–H and O–H groups in total. The molecule has 2 saturated heterocycles. The average Bonchev–Trinajstić information content (AvgIpc) is 3.56. The lowest BCUT2D eigenvalue weighted by Crippen LogP contribution is -2.42. The lowest BCUT2D eigenvalue weighted by atomic mass is 9.84. The molecule has 5 rings (SSSR count). The molecular formula is C29H35F2N7O3. The number of likely N-dealkylation sites (tertiary alicyclic amines) is 1. The highest BCUT2D eigenvalue weighted by Crippen LogP contribution is 2.34. The van der Waals surface area contributed by atoms with Gasteiger partial charge in [-0.2, -0.15) is 20.2 Å². The van der Waals surface area contributed by atoms with Gasteiger partial charge in [-0.05, 0) is 53.3 Å². The van der Waals surface area contributed by atoms with Crippen molar-refractivity contribution >= 4 is 0 Å². The second kappa shape index (κ2) is 12.0. The molecule has 0 bridgehead atoms. The summed E-state index contributed by atoms with van der Waals surface area (Å²) in [7, 11) is 1.87. The molecule has 12 heteroatoms. The Bertz CT molecular complexity index is 1390. The minimum atomic E-state index is -0.917. The number of piperidine rings is 1. The highest BCUT2D eigenvalue weighted by molar-refractivity contribution is 5.46. The van der Waals surface area contributed by atoms with E-state index in [1.165, 1.54) is 6.07 Å². The van der Waals surface area contributed by atoms with E-state index in [-0.39, 0.29) is 59.4 Å². The lowest BCUT2D eigenvalue weighted by molar-refractivity contribution is 0.113. The third-order valence-corrected chi connectivity index (χ3v) is 7.86. The molecule has 41 heavy (non-hydrogen) atoms. The van der Waals surface area contributed by atoms with E-state index in [0.29, 0.717) is 37.9 Å². The van der Waals surface area contributed by atoms with Crippen LogP contribution in [0.25, 0.3) is 11.6 Å². The molecule has 0 spiro atoms. The predicted molar refractivity (Wildman–Crippen MR) is 146 cm³/mol. The van der Waals surface area contributed by atoms with Crippen LogP contribution in [0.4, 0.5) is 8.78 Å². The maximum atomic E-state index is 14.6. The second-order valence-electron chi connectivity index (χ2n) is 11.3. The van der Waals surface area contributed by atoms with Gasteiger partial charge in [-0.25, -0.2) is 8.78 Å². The first-order chi connectivity index (χ1) is 19.6. The monoisotopic (exact) mass is 567 g/mol. The van der Waals surface area contributed by atoms with Crippen LogP contribution in [-0.4, -0.2) is 75.6 Å². The van der Waals surface area contributed by atoms with Gasteiger partial charge in [-0.15, -0.1) is 0 Å². The molecule has 0 unspecified atom stereocenters. The SMILES string of the molecule is C[C@H](Oc1cc(O[C@H]2CCN[C@H](CC#N)C2)nc(-c2noc(C(C)(C)c3ccccc3F)n2)n1)[C@@H]1C[C@H](F)CN1C. The third-order valence-electron chi connectivity index (χ3n) is 7.86. The largest absolute Gasteiger partial charge is 0.474 e. The van der Waals surface area contributed by atoms with Gasteiger partial charge in [0.15, 0.2) is 0 Å². The van der Waals surface area contributed by atoms with Gasteiger partial charge >= 0.3 is 0 Å². The summed E-state index contributed by atoms with van der Waals surface area (Å²) in [5.74, 6) is 0.537. The van der Waals surface area contributed by atoms with Gasteiger partial charge < -0.3 is 19.3 Å². The molecule has 5 atom stereocenters. The number of nitriles is 1. The summed E-state index contributed by atoms with van der Waals surface area (Å²) in [6, 6.07) is 10.2. The van der Waals surface area contributed by atoms with Crippen molar-refractivity contribution in [2.24, 2.45) is 0 Å². The Kier molecular flexibility index (Phi) is 8.47. The molecule has 1 aromatic carbocycles. The van der Waals surface area contributed by atoms with E-state index < -0.39 is 11.6 Å². The molecular weight excluding hydrogens is 532 g/mol. The van der Waals surface area contributed by atoms with E-state index >= 15 is 0 Å². The molecule has 0 saturated carbocycles. The zero-order chi connectivity index (χ0) is 29.1. The summed E-state index contributed by atoms with van der Waals surface area (Å²) in [6.45, 7) is 6.54. The van der Waals surface area contributed by atoms with Crippen LogP contribution >= 0.6 is 0 Å². The van der Waals surface area contributed by atoms with Gasteiger partial charge in [0.2, 0.25) is 29.3 Å². The zero-order valence-corrected chi connectivity index (χ0v) is 23.7. The molecule has 10 nitrogen and oxygen atoms in total. The topological polar surface area (TPSA) is 122 Å². The van der Waals surface area contributed by atoms with Crippen molar-refractivity contribution < 1.29 is 22.8 Å². The molecule has 2 fully saturated rings. The van der Waals surface area contributed by atoms with Crippen LogP contribution in [-0.2, 0) is 5.41 Å². The van der Waals surface area contributed by atoms with E-state index in [1.54, 1.807) is 38.1 Å². The van der Waals surface area contributed by atoms with Crippen LogP contribution in [0.5, 0.6) is 11.8 Å². The van der Waals surface area contributed by atoms with Gasteiger partial charge in [0.25, 0.3) is 0 Å². The van der Waals surface area contributed by atoms with E-state index in [9.17, 15) is 8.78 Å². The van der Waals surface area contributed by atoms with Gasteiger partial charge in [-0.1, -0.05) is 23.4 Å². The van der Waals surface area contributed by atoms with Crippen LogP contribution in [0.3, 0.4) is 0 Å². The highest BCUT2D eigenvalue weighted by atomic mass is 19.1. The number of alkyl halides is 1. The number of hydrogen-bond donors (Lipinski definition) is 1. The summed E-state index contributed by atoms with van der Waals surface area (Å²) < 4.78 is 46.7. The number of hydrogen-bond acceptors (Lipinski definition) is 10. The number of likely N-dealkylation sites (N-methyl/N-ethyl adjacent to an activating group) is 1. The van der Waals surface area contributed by atoms with Crippen LogP contribution in [0.2, 0.25) is 0 Å². The zero-order valence-electron chi connectivity index (χ0n) is 23.7. The minimum Gasteiger partial charge on any atom is -0.474 e. The van der Waals surface area contributed by atoms with Crippen molar-refractivity contribution in [2.45, 2.75) is 82.3 Å². The summed E-state index contributed by atoms with van der Waals surface area (Å²) in [4.78, 5) is 15.6. The number of rotatable bonds is 9. The van der Waals surface area contributed by atoms with Crippen molar-refractivity contribution in [3.8, 4) is 29.5 Å². The van der Waals surface area contributed by atoms with E-state index in [2.05, 4.69) is 31.5 Å². The Morgan fingerprint density at radius 3 is 2.71 bits per heavy atom. The molecule has 2 aliphatic rings. The van der Waals surface area contributed by atoms with Crippen LogP contribution in [0, 0.1) is 17.1 Å². The van der Waals surface area contributed by atoms with Crippen molar-refractivity contribution in [3.63, 3.8) is 0 Å². The first kappa shape index (κ1) is 28.8. The number of halogens is 2. The molecule has 218 valence electrons. The van der Waals surface area contributed by atoms with Crippen LogP contribution < -0.4 is 14.8 Å². The maximum absolute atomic E-state index is 14.6. The van der Waals surface area contributed by atoms with Crippen LogP contribution in [0.1, 0.15) is 57.9 Å². The van der Waals surface area contributed by atoms with Crippen molar-refractivity contribution in [1.29, 1.82) is 5.26 Å². The number of aromatic nitrogens is 4. The van der Waals surface area contributed by atoms with Crippen molar-refractivity contribution in [2.75, 3.05) is 20.1 Å². The molecule has 0 aliphatic carbocycles. The molecule has 0 radical (unpaired) electrons. The summed E-state index contributed by atoms with van der Waals surface area (Å²) in [5, 5.41) is 16.5. The Morgan fingerprint density at radius 1 is 1.20 bits per heavy atom. The van der Waals surface area contributed by atoms with E-state index in [4.69, 9.17) is 19.3 Å². The summed E-state index contributed by atoms with van der Waals surface area (Å²) >= 11 is 0. The number of nitrogens with zero attached hydrogens (tertiary/aromatic N) is 6. The maximum Gasteiger partial charge on any atom is 0.240 e. The van der Waals surface area contributed by atoms with Gasteiger partial charge in [0, 0.05) is 30.6 Å². The van der Waals surface area contributed by atoms with Gasteiger partial charge in [-0.3, -0.25) is 4.90 Å². The highest BCUT2D eigenvalue weighted by Gasteiger charge is 2.36. The predicted octanol–water partition coefficient (Wildman–Crippen LogP) is 4.21. The summed E-state index contributed by atoms with van der Waals surface area (Å²) in [5.41, 5.74) is -0.505. The third kappa shape index (κ3) is 6.47. The fraction of sp³-hybridized carbons (Fsp3) is 0.552. The fourth-order valence-corrected chi connectivity index (χ4v) is 5.57. The summed E-state index contributed by atoms with van der Waals surface area (Å²) in [6.07, 6.45) is 0.692. The normalized spacial score (nSPS) is 24.1. The first-order valence-corrected chi connectivity index (χ1v) is 13.9. The second-order valence-corrected chi connectivity index (χ2v) is 11.3. The van der Waals surface area contributed by atoms with E-state index in [1.807, 2.05) is 18.9 Å². The average molecular weight is 568 g/mol. The molecule has 2 aliphatic heterocycles. The van der Waals surface area contributed by atoms with Gasteiger partial charge in [0.1, 0.15) is 24.2 Å². The number of benzene rings is 1.